The van der Waals surface area contributed by atoms with Crippen LogP contribution in [0.2, 0.25) is 0 Å². The zero-order valence-corrected chi connectivity index (χ0v) is 10.0. The first-order valence-electron chi connectivity index (χ1n) is 5.15. The van der Waals surface area contributed by atoms with Gasteiger partial charge >= 0.3 is 0 Å². The molecule has 0 saturated carbocycles. The number of thiophene rings is 1. The third-order valence-electron chi connectivity index (χ3n) is 2.19. The van der Waals surface area contributed by atoms with Gasteiger partial charge in [-0.2, -0.15) is 0 Å². The second-order valence-electron chi connectivity index (χ2n) is 3.48. The van der Waals surface area contributed by atoms with Gasteiger partial charge in [0.1, 0.15) is 0 Å². The van der Waals surface area contributed by atoms with Gasteiger partial charge in [0.2, 0.25) is 0 Å². The molecule has 1 aromatic heterocycles. The fourth-order valence-electron chi connectivity index (χ4n) is 1.34. The van der Waals surface area contributed by atoms with Crippen LogP contribution in [0.25, 0.3) is 0 Å². The maximum atomic E-state index is 3.51. The van der Waals surface area contributed by atoms with E-state index in [0.29, 0.717) is 6.04 Å². The second-order valence-corrected chi connectivity index (χ2v) is 4.80. The molecule has 1 unspecified atom stereocenters. The minimum Gasteiger partial charge on any atom is -0.309 e. The van der Waals surface area contributed by atoms with Crippen LogP contribution in [0, 0.1) is 6.92 Å². The summed E-state index contributed by atoms with van der Waals surface area (Å²) in [6.07, 6.45) is 5.41. The Bertz CT molecular complexity index is 288. The third-order valence-corrected chi connectivity index (χ3v) is 3.37. The molecule has 0 radical (unpaired) electrons. The van der Waals surface area contributed by atoms with Crippen LogP contribution in [0.3, 0.4) is 0 Å². The summed E-state index contributed by atoms with van der Waals surface area (Å²) in [6.45, 7) is 7.50. The maximum absolute atomic E-state index is 3.51. The lowest BCUT2D eigenvalue weighted by molar-refractivity contribution is 0.589. The molecular formula is C12H19NS. The standard InChI is InChI=1S/C12H19NS/c1-4-5-6-9-13-11(3)12-8-7-10(2)14-12/h4-5,7-8,11,13H,6,9H2,1-3H3/b5-4+. The summed E-state index contributed by atoms with van der Waals surface area (Å²) in [7, 11) is 0. The first-order chi connectivity index (χ1) is 6.74. The molecule has 78 valence electrons. The smallest absolute Gasteiger partial charge is 0.0386 e. The average molecular weight is 209 g/mol. The molecule has 0 amide bonds. The van der Waals surface area contributed by atoms with E-state index < -0.39 is 0 Å². The van der Waals surface area contributed by atoms with Crippen molar-refractivity contribution in [3.8, 4) is 0 Å². The van der Waals surface area contributed by atoms with Crippen molar-refractivity contribution in [3.05, 3.63) is 34.0 Å². The number of hydrogen-bond donors (Lipinski definition) is 1. The molecule has 0 aliphatic rings. The van der Waals surface area contributed by atoms with Crippen LogP contribution >= 0.6 is 11.3 Å². The number of aryl methyl sites for hydroxylation is 1. The van der Waals surface area contributed by atoms with E-state index in [1.807, 2.05) is 11.3 Å². The van der Waals surface area contributed by atoms with Crippen molar-refractivity contribution in [1.82, 2.24) is 5.32 Å². The molecule has 0 fully saturated rings. The van der Waals surface area contributed by atoms with Gasteiger partial charge in [-0.1, -0.05) is 12.2 Å². The highest BCUT2D eigenvalue weighted by Gasteiger charge is 2.05. The summed E-state index contributed by atoms with van der Waals surface area (Å²) in [6, 6.07) is 4.89. The zero-order chi connectivity index (χ0) is 10.4. The lowest BCUT2D eigenvalue weighted by atomic mass is 10.2. The molecule has 0 saturated heterocycles. The van der Waals surface area contributed by atoms with Gasteiger partial charge in [-0.25, -0.2) is 0 Å². The highest BCUT2D eigenvalue weighted by molar-refractivity contribution is 7.12. The van der Waals surface area contributed by atoms with Gasteiger partial charge < -0.3 is 5.32 Å². The molecule has 0 bridgehead atoms. The Hall–Kier alpha value is -0.600. The highest BCUT2D eigenvalue weighted by atomic mass is 32.1. The van der Waals surface area contributed by atoms with Gasteiger partial charge in [0.05, 0.1) is 0 Å². The minimum atomic E-state index is 0.485. The molecule has 2 heteroatoms. The van der Waals surface area contributed by atoms with E-state index in [9.17, 15) is 0 Å². The van der Waals surface area contributed by atoms with Gasteiger partial charge in [0.15, 0.2) is 0 Å². The molecule has 1 atom stereocenters. The van der Waals surface area contributed by atoms with Crippen molar-refractivity contribution < 1.29 is 0 Å². The number of rotatable bonds is 5. The SMILES string of the molecule is C/C=C/CCNC(C)c1ccc(C)s1. The summed E-state index contributed by atoms with van der Waals surface area (Å²) in [4.78, 5) is 2.82. The Balaban J connectivity index is 2.31. The van der Waals surface area contributed by atoms with Crippen molar-refractivity contribution in [1.29, 1.82) is 0 Å². The van der Waals surface area contributed by atoms with E-state index in [-0.39, 0.29) is 0 Å². The summed E-state index contributed by atoms with van der Waals surface area (Å²) in [5.41, 5.74) is 0. The van der Waals surface area contributed by atoms with Crippen molar-refractivity contribution in [2.45, 2.75) is 33.2 Å². The van der Waals surface area contributed by atoms with Crippen LogP contribution in [0.5, 0.6) is 0 Å². The van der Waals surface area contributed by atoms with E-state index in [0.717, 1.165) is 13.0 Å². The Morgan fingerprint density at radius 2 is 2.29 bits per heavy atom. The second kappa shape index (κ2) is 5.99. The molecular weight excluding hydrogens is 190 g/mol. The van der Waals surface area contributed by atoms with Crippen molar-refractivity contribution in [2.75, 3.05) is 6.54 Å². The molecule has 0 aliphatic carbocycles. The van der Waals surface area contributed by atoms with E-state index >= 15 is 0 Å². The Morgan fingerprint density at radius 3 is 2.86 bits per heavy atom. The van der Waals surface area contributed by atoms with Crippen molar-refractivity contribution >= 4 is 11.3 Å². The monoisotopic (exact) mass is 209 g/mol. The summed E-state index contributed by atoms with van der Waals surface area (Å²) in [5.74, 6) is 0. The molecule has 0 spiro atoms. The number of nitrogens with one attached hydrogen (secondary N) is 1. The van der Waals surface area contributed by atoms with Crippen LogP contribution in [0.1, 0.15) is 36.1 Å². The quantitative estimate of drug-likeness (QED) is 0.576. The van der Waals surface area contributed by atoms with Crippen LogP contribution in [0.15, 0.2) is 24.3 Å². The zero-order valence-electron chi connectivity index (χ0n) is 9.21. The van der Waals surface area contributed by atoms with E-state index in [1.54, 1.807) is 0 Å². The normalized spacial score (nSPS) is 13.6. The molecule has 14 heavy (non-hydrogen) atoms. The van der Waals surface area contributed by atoms with Gasteiger partial charge in [-0.15, -0.1) is 11.3 Å². The summed E-state index contributed by atoms with van der Waals surface area (Å²) >= 11 is 1.88. The van der Waals surface area contributed by atoms with E-state index in [2.05, 4.69) is 50.4 Å². The third kappa shape index (κ3) is 3.64. The predicted octanol–water partition coefficient (Wildman–Crippen LogP) is 3.67. The molecule has 1 heterocycles. The fourth-order valence-corrected chi connectivity index (χ4v) is 2.24. The molecule has 1 aromatic rings. The first kappa shape index (κ1) is 11.5. The molecule has 1 nitrogen and oxygen atoms in total. The first-order valence-corrected chi connectivity index (χ1v) is 5.96. The minimum absolute atomic E-state index is 0.485. The summed E-state index contributed by atoms with van der Waals surface area (Å²) in [5, 5.41) is 3.51. The number of allylic oxidation sites excluding steroid dienone is 1. The Morgan fingerprint density at radius 1 is 1.50 bits per heavy atom. The van der Waals surface area contributed by atoms with Gasteiger partial charge in [0.25, 0.3) is 0 Å². The van der Waals surface area contributed by atoms with Gasteiger partial charge in [-0.3, -0.25) is 0 Å². The molecule has 0 aliphatic heterocycles. The van der Waals surface area contributed by atoms with Crippen molar-refractivity contribution in [3.63, 3.8) is 0 Å². The Labute approximate surface area is 90.9 Å². The number of hydrogen-bond acceptors (Lipinski definition) is 2. The van der Waals surface area contributed by atoms with E-state index in [4.69, 9.17) is 0 Å². The van der Waals surface area contributed by atoms with Crippen LogP contribution in [0.4, 0.5) is 0 Å². The highest BCUT2D eigenvalue weighted by Crippen LogP contribution is 2.21. The summed E-state index contributed by atoms with van der Waals surface area (Å²) < 4.78 is 0. The molecule has 0 aromatic carbocycles. The fraction of sp³-hybridized carbons (Fsp3) is 0.500. The lowest BCUT2D eigenvalue weighted by Crippen LogP contribution is -2.18. The van der Waals surface area contributed by atoms with Crippen molar-refractivity contribution in [2.24, 2.45) is 0 Å². The topological polar surface area (TPSA) is 12.0 Å². The molecule has 1 rings (SSSR count). The average Bonchev–Trinajstić information content (AvgIpc) is 2.59. The predicted molar refractivity (Wildman–Crippen MR) is 64.9 cm³/mol. The lowest BCUT2D eigenvalue weighted by Gasteiger charge is -2.10. The Kier molecular flexibility index (Phi) is 4.91. The van der Waals surface area contributed by atoms with E-state index in [1.165, 1.54) is 9.75 Å². The van der Waals surface area contributed by atoms with Gasteiger partial charge in [0, 0.05) is 15.8 Å². The molecule has 1 N–H and O–H groups in total. The maximum Gasteiger partial charge on any atom is 0.0386 e. The van der Waals surface area contributed by atoms with Crippen LogP contribution in [-0.4, -0.2) is 6.54 Å². The van der Waals surface area contributed by atoms with Gasteiger partial charge in [-0.05, 0) is 45.9 Å². The van der Waals surface area contributed by atoms with Crippen LogP contribution in [-0.2, 0) is 0 Å². The van der Waals surface area contributed by atoms with Crippen LogP contribution < -0.4 is 5.32 Å². The largest absolute Gasteiger partial charge is 0.309 e.